The van der Waals surface area contributed by atoms with Crippen LogP contribution in [0.5, 0.6) is 0 Å². The molecule has 1 heterocycles. The molecule has 0 spiro atoms. The molecule has 1 fully saturated rings. The van der Waals surface area contributed by atoms with Gasteiger partial charge in [-0.05, 0) is 38.0 Å². The van der Waals surface area contributed by atoms with E-state index in [1.54, 1.807) is 12.1 Å². The van der Waals surface area contributed by atoms with Crippen LogP contribution in [0, 0.1) is 18.3 Å². The third kappa shape index (κ3) is 2.66. The van der Waals surface area contributed by atoms with Crippen molar-refractivity contribution in [3.8, 4) is 11.8 Å². The van der Waals surface area contributed by atoms with E-state index in [-0.39, 0.29) is 17.6 Å². The highest BCUT2D eigenvalue weighted by Gasteiger charge is 2.34. The average Bonchev–Trinajstić information content (AvgIpc) is 2.88. The first kappa shape index (κ1) is 15.8. The predicted molar refractivity (Wildman–Crippen MR) is 87.1 cm³/mol. The molecule has 0 N–H and O–H groups in total. The average molecular weight is 331 g/mol. The lowest BCUT2D eigenvalue weighted by atomic mass is 9.81. The van der Waals surface area contributed by atoms with E-state index < -0.39 is 6.17 Å². The summed E-state index contributed by atoms with van der Waals surface area (Å²) in [5.41, 5.74) is 3.42. The fourth-order valence-electron chi connectivity index (χ4n) is 3.16. The third-order valence-corrected chi connectivity index (χ3v) is 4.70. The second-order valence-electron chi connectivity index (χ2n) is 5.86. The minimum absolute atomic E-state index is 0.0623. The largest absolute Gasteiger partial charge is 0.316 e. The summed E-state index contributed by atoms with van der Waals surface area (Å²) in [6.07, 6.45) is 0.112. The van der Waals surface area contributed by atoms with Gasteiger partial charge in [0, 0.05) is 22.9 Å². The Hall–Kier alpha value is -2.12. The van der Waals surface area contributed by atoms with E-state index in [0.29, 0.717) is 24.0 Å². The number of alkyl halides is 2. The maximum Gasteiger partial charge on any atom is 0.179 e. The van der Waals surface area contributed by atoms with Gasteiger partial charge in [-0.25, -0.2) is 4.39 Å². The highest BCUT2D eigenvalue weighted by Crippen LogP contribution is 2.41. The maximum atomic E-state index is 13.3. The Kier molecular flexibility index (Phi) is 4.23. The second kappa shape index (κ2) is 6.17. The summed E-state index contributed by atoms with van der Waals surface area (Å²) in [4.78, 5) is 12.1. The first-order valence-electron chi connectivity index (χ1n) is 7.51. The predicted octanol–water partition coefficient (Wildman–Crippen LogP) is 4.29. The van der Waals surface area contributed by atoms with Crippen molar-refractivity contribution in [2.24, 2.45) is 0 Å². The molecule has 0 unspecified atom stereocenters. The molecule has 1 saturated carbocycles. The highest BCUT2D eigenvalue weighted by atomic mass is 35.5. The summed E-state index contributed by atoms with van der Waals surface area (Å²) in [7, 11) is 0. The van der Waals surface area contributed by atoms with Crippen molar-refractivity contribution >= 4 is 17.4 Å². The summed E-state index contributed by atoms with van der Waals surface area (Å²) in [6.45, 7) is 1.84. The van der Waals surface area contributed by atoms with Crippen molar-refractivity contribution < 1.29 is 9.18 Å². The molecule has 23 heavy (non-hydrogen) atoms. The Morgan fingerprint density at radius 2 is 2.13 bits per heavy atom. The third-order valence-electron chi connectivity index (χ3n) is 4.46. The Bertz CT molecular complexity index is 800. The molecule has 1 aromatic heterocycles. The molecular formula is C18H16ClFN2O. The Morgan fingerprint density at radius 1 is 1.43 bits per heavy atom. The fourth-order valence-corrected chi connectivity index (χ4v) is 3.30. The SMILES string of the molecule is Cc1c(C(=O)CCl)cc(C2CC(F)C2)n1-c1ccccc1C#N. The molecule has 0 amide bonds. The van der Waals surface area contributed by atoms with Crippen molar-refractivity contribution in [2.75, 3.05) is 5.88 Å². The van der Waals surface area contributed by atoms with Gasteiger partial charge in [-0.3, -0.25) is 4.79 Å². The first-order valence-corrected chi connectivity index (χ1v) is 8.05. The quantitative estimate of drug-likeness (QED) is 0.620. The molecule has 0 atom stereocenters. The zero-order valence-electron chi connectivity index (χ0n) is 12.7. The number of aromatic nitrogens is 1. The van der Waals surface area contributed by atoms with Crippen LogP contribution in [0.15, 0.2) is 30.3 Å². The monoisotopic (exact) mass is 330 g/mol. The number of hydrogen-bond donors (Lipinski definition) is 0. The number of rotatable bonds is 4. The number of ketones is 1. The van der Waals surface area contributed by atoms with E-state index in [0.717, 1.165) is 17.1 Å². The topological polar surface area (TPSA) is 45.8 Å². The first-order chi connectivity index (χ1) is 11.1. The number of carbonyl (C=O) groups is 1. The number of halogens is 2. The number of benzene rings is 1. The van der Waals surface area contributed by atoms with E-state index in [1.807, 2.05) is 29.7 Å². The summed E-state index contributed by atoms with van der Waals surface area (Å²) in [6, 6.07) is 11.2. The van der Waals surface area contributed by atoms with E-state index >= 15 is 0 Å². The standard InChI is InChI=1S/C18H16ClFN2O/c1-11-15(18(23)9-19)8-17(13-6-14(20)7-13)22(11)16-5-3-2-4-12(16)10-21/h2-5,8,13-14H,6-7,9H2,1H3. The lowest BCUT2D eigenvalue weighted by Gasteiger charge is -2.31. The summed E-state index contributed by atoms with van der Waals surface area (Å²) >= 11 is 5.70. The van der Waals surface area contributed by atoms with Gasteiger partial charge >= 0.3 is 0 Å². The Balaban J connectivity index is 2.19. The molecule has 0 radical (unpaired) electrons. The van der Waals surface area contributed by atoms with Crippen molar-refractivity contribution in [3.05, 3.63) is 52.8 Å². The molecular weight excluding hydrogens is 315 g/mol. The smallest absolute Gasteiger partial charge is 0.179 e. The molecule has 1 aliphatic carbocycles. The lowest BCUT2D eigenvalue weighted by Crippen LogP contribution is -2.25. The van der Waals surface area contributed by atoms with Crippen LogP contribution in [0.4, 0.5) is 4.39 Å². The highest BCUT2D eigenvalue weighted by molar-refractivity contribution is 6.30. The van der Waals surface area contributed by atoms with Gasteiger partial charge in [0.2, 0.25) is 0 Å². The normalized spacial score (nSPS) is 19.9. The Morgan fingerprint density at radius 3 is 2.74 bits per heavy atom. The summed E-state index contributed by atoms with van der Waals surface area (Å²) in [5.74, 6) is -0.192. The van der Waals surface area contributed by atoms with Crippen LogP contribution >= 0.6 is 11.6 Å². The second-order valence-corrected chi connectivity index (χ2v) is 6.12. The molecule has 0 aliphatic heterocycles. The van der Waals surface area contributed by atoms with Crippen molar-refractivity contribution in [1.82, 2.24) is 4.57 Å². The van der Waals surface area contributed by atoms with Gasteiger partial charge in [0.25, 0.3) is 0 Å². The van der Waals surface area contributed by atoms with Gasteiger partial charge in [-0.1, -0.05) is 12.1 Å². The molecule has 3 rings (SSSR count). The maximum absolute atomic E-state index is 13.3. The Labute approximate surface area is 139 Å². The summed E-state index contributed by atoms with van der Waals surface area (Å²) in [5, 5.41) is 9.36. The molecule has 1 aliphatic rings. The number of Topliss-reactive ketones (excluding diaryl/α,β-unsaturated/α-hetero) is 1. The van der Waals surface area contributed by atoms with Crippen LogP contribution in [0.2, 0.25) is 0 Å². The molecule has 5 heteroatoms. The molecule has 118 valence electrons. The van der Waals surface area contributed by atoms with E-state index in [9.17, 15) is 14.4 Å². The van der Waals surface area contributed by atoms with Crippen LogP contribution < -0.4 is 0 Å². The van der Waals surface area contributed by atoms with Gasteiger partial charge in [0.1, 0.15) is 12.2 Å². The van der Waals surface area contributed by atoms with Gasteiger partial charge in [0.15, 0.2) is 5.78 Å². The summed E-state index contributed by atoms with van der Waals surface area (Å²) < 4.78 is 15.2. The van der Waals surface area contributed by atoms with Crippen molar-refractivity contribution in [3.63, 3.8) is 0 Å². The van der Waals surface area contributed by atoms with E-state index in [2.05, 4.69) is 6.07 Å². The zero-order valence-corrected chi connectivity index (χ0v) is 13.5. The van der Waals surface area contributed by atoms with Gasteiger partial charge in [-0.2, -0.15) is 5.26 Å². The number of nitrogens with zero attached hydrogens (tertiary/aromatic N) is 2. The van der Waals surface area contributed by atoms with Crippen LogP contribution in [-0.2, 0) is 0 Å². The van der Waals surface area contributed by atoms with Crippen LogP contribution in [-0.4, -0.2) is 22.4 Å². The number of nitriles is 1. The molecule has 3 nitrogen and oxygen atoms in total. The minimum atomic E-state index is -0.790. The lowest BCUT2D eigenvalue weighted by molar-refractivity contribution is 0.102. The van der Waals surface area contributed by atoms with E-state index in [1.165, 1.54) is 0 Å². The minimum Gasteiger partial charge on any atom is -0.316 e. The molecule has 1 aromatic carbocycles. The van der Waals surface area contributed by atoms with Crippen LogP contribution in [0.1, 0.15) is 46.1 Å². The van der Waals surface area contributed by atoms with Gasteiger partial charge in [-0.15, -0.1) is 11.6 Å². The fraction of sp³-hybridized carbons (Fsp3) is 0.333. The zero-order chi connectivity index (χ0) is 16.6. The van der Waals surface area contributed by atoms with Crippen molar-refractivity contribution in [2.45, 2.75) is 31.9 Å². The molecule has 0 saturated heterocycles. The molecule has 2 aromatic rings. The van der Waals surface area contributed by atoms with Gasteiger partial charge < -0.3 is 4.57 Å². The molecule has 0 bridgehead atoms. The van der Waals surface area contributed by atoms with E-state index in [4.69, 9.17) is 11.6 Å². The number of hydrogen-bond acceptors (Lipinski definition) is 2. The number of para-hydroxylation sites is 1. The van der Waals surface area contributed by atoms with Crippen molar-refractivity contribution in [1.29, 1.82) is 5.26 Å². The van der Waals surface area contributed by atoms with Crippen LogP contribution in [0.25, 0.3) is 5.69 Å². The number of carbonyl (C=O) groups excluding carboxylic acids is 1. The van der Waals surface area contributed by atoms with Crippen LogP contribution in [0.3, 0.4) is 0 Å². The van der Waals surface area contributed by atoms with Gasteiger partial charge in [0.05, 0.1) is 17.1 Å².